The Morgan fingerprint density at radius 1 is 1.73 bits per heavy atom. The molecule has 1 atom stereocenters. The molecule has 11 heavy (non-hydrogen) atoms. The fourth-order valence-electron chi connectivity index (χ4n) is 0.349. The molecular formula is C5H9KNO4+. The number of esters is 1. The molecule has 0 N–H and O–H groups in total. The molecule has 0 bridgehead atoms. The van der Waals surface area contributed by atoms with Gasteiger partial charge in [-0.15, -0.1) is 0 Å². The van der Waals surface area contributed by atoms with Crippen LogP contribution in [0.3, 0.4) is 0 Å². The molecule has 0 heterocycles. The maximum atomic E-state index is 10.5. The van der Waals surface area contributed by atoms with E-state index in [1.54, 1.807) is 6.92 Å². The van der Waals surface area contributed by atoms with E-state index in [-0.39, 0.29) is 58.0 Å². The van der Waals surface area contributed by atoms with Crippen LogP contribution in [0, 0.1) is 10.1 Å². The Labute approximate surface area is 107 Å². The number of nitrogens with zero attached hydrogens (tertiary/aromatic N) is 1. The molecule has 0 amide bonds. The zero-order chi connectivity index (χ0) is 8.15. The molecule has 0 fully saturated rings. The van der Waals surface area contributed by atoms with Crippen molar-refractivity contribution < 1.29 is 65.8 Å². The van der Waals surface area contributed by atoms with Crippen molar-refractivity contribution in [2.24, 2.45) is 0 Å². The zero-order valence-electron chi connectivity index (χ0n) is 6.86. The normalized spacial score (nSPS) is 11.1. The molecule has 0 aromatic heterocycles. The van der Waals surface area contributed by atoms with E-state index < -0.39 is 16.9 Å². The fraction of sp³-hybridized carbons (Fsp3) is 0.800. The predicted octanol–water partition coefficient (Wildman–Crippen LogP) is -2.78. The van der Waals surface area contributed by atoms with Gasteiger partial charge in [0, 0.05) is 11.8 Å². The molecule has 0 aromatic carbocycles. The van der Waals surface area contributed by atoms with Gasteiger partial charge in [-0.2, -0.15) is 0 Å². The van der Waals surface area contributed by atoms with E-state index in [1.807, 2.05) is 0 Å². The summed E-state index contributed by atoms with van der Waals surface area (Å²) in [6.45, 7) is 2.97. The van der Waals surface area contributed by atoms with Crippen LogP contribution in [0.4, 0.5) is 0 Å². The second kappa shape index (κ2) is 7.17. The maximum absolute atomic E-state index is 10.5. The third kappa shape index (κ3) is 5.74. The van der Waals surface area contributed by atoms with Gasteiger partial charge in [0.15, 0.2) is 0 Å². The molecule has 0 aromatic rings. The zero-order valence-corrected chi connectivity index (χ0v) is 9.99. The monoisotopic (exact) mass is 186 g/mol. The Balaban J connectivity index is 0. The summed E-state index contributed by atoms with van der Waals surface area (Å²) in [6, 6.07) is -1.25. The standard InChI is InChI=1S/C5H9NO4.K/c1-3-10-5(7)4(2)6(8)9;/h4H,3H2,1-2H3;/q;+1. The van der Waals surface area contributed by atoms with E-state index in [9.17, 15) is 14.9 Å². The van der Waals surface area contributed by atoms with Gasteiger partial charge < -0.3 is 4.74 Å². The van der Waals surface area contributed by atoms with Crippen molar-refractivity contribution in [1.29, 1.82) is 0 Å². The number of nitro groups is 1. The van der Waals surface area contributed by atoms with Gasteiger partial charge >= 0.3 is 63.4 Å². The molecule has 0 aliphatic rings. The number of carbonyl (C=O) groups is 1. The van der Waals surface area contributed by atoms with Crippen molar-refractivity contribution >= 4 is 5.97 Å². The Kier molecular flexibility index (Phi) is 9.16. The molecule has 0 saturated heterocycles. The quantitative estimate of drug-likeness (QED) is 0.207. The van der Waals surface area contributed by atoms with Crippen LogP contribution < -0.4 is 51.4 Å². The summed E-state index contributed by atoms with van der Waals surface area (Å²) in [5.41, 5.74) is 0. The van der Waals surface area contributed by atoms with Gasteiger partial charge in [0.25, 0.3) is 0 Å². The van der Waals surface area contributed by atoms with E-state index >= 15 is 0 Å². The summed E-state index contributed by atoms with van der Waals surface area (Å²) in [7, 11) is 0. The number of hydrogen-bond acceptors (Lipinski definition) is 4. The summed E-state index contributed by atoms with van der Waals surface area (Å²) in [5.74, 6) is -0.785. The van der Waals surface area contributed by atoms with E-state index in [2.05, 4.69) is 4.74 Å². The van der Waals surface area contributed by atoms with E-state index in [4.69, 9.17) is 0 Å². The van der Waals surface area contributed by atoms with Gasteiger partial charge in [-0.1, -0.05) is 0 Å². The number of rotatable bonds is 3. The molecule has 6 heteroatoms. The first kappa shape index (κ1) is 14.1. The molecule has 0 aliphatic heterocycles. The first-order chi connectivity index (χ1) is 4.59. The van der Waals surface area contributed by atoms with Gasteiger partial charge in [-0.05, 0) is 6.92 Å². The van der Waals surface area contributed by atoms with Gasteiger partial charge in [-0.3, -0.25) is 10.1 Å². The fourth-order valence-corrected chi connectivity index (χ4v) is 0.349. The summed E-state index contributed by atoms with van der Waals surface area (Å²) < 4.78 is 4.38. The molecule has 0 radical (unpaired) electrons. The van der Waals surface area contributed by atoms with Crippen LogP contribution in [-0.2, 0) is 9.53 Å². The minimum atomic E-state index is -1.25. The van der Waals surface area contributed by atoms with Crippen molar-refractivity contribution in [2.45, 2.75) is 19.9 Å². The molecule has 0 aliphatic carbocycles. The molecule has 0 rings (SSSR count). The molecule has 0 spiro atoms. The van der Waals surface area contributed by atoms with Crippen LogP contribution in [0.2, 0.25) is 0 Å². The van der Waals surface area contributed by atoms with Gasteiger partial charge in [-0.25, -0.2) is 4.79 Å². The third-order valence-corrected chi connectivity index (χ3v) is 0.944. The Morgan fingerprint density at radius 3 is 2.45 bits per heavy atom. The predicted molar refractivity (Wildman–Crippen MR) is 33.1 cm³/mol. The summed E-state index contributed by atoms with van der Waals surface area (Å²) in [4.78, 5) is 19.8. The average Bonchev–Trinajstić information content (AvgIpc) is 1.87. The number of ether oxygens (including phenoxy) is 1. The Hall–Kier alpha value is 0.506. The van der Waals surface area contributed by atoms with Crippen molar-refractivity contribution in [3.05, 3.63) is 10.1 Å². The Morgan fingerprint density at radius 2 is 2.18 bits per heavy atom. The second-order valence-corrected chi connectivity index (χ2v) is 1.71. The van der Waals surface area contributed by atoms with Gasteiger partial charge in [0.1, 0.15) is 0 Å². The number of carbonyl (C=O) groups excluding carboxylic acids is 1. The second-order valence-electron chi connectivity index (χ2n) is 1.71. The van der Waals surface area contributed by atoms with E-state index in [1.165, 1.54) is 6.92 Å². The van der Waals surface area contributed by atoms with Crippen LogP contribution >= 0.6 is 0 Å². The van der Waals surface area contributed by atoms with Gasteiger partial charge in [0.05, 0.1) is 6.61 Å². The minimum Gasteiger partial charge on any atom is -0.461 e. The average molecular weight is 186 g/mol. The molecule has 5 nitrogen and oxygen atoms in total. The van der Waals surface area contributed by atoms with Crippen LogP contribution in [0.1, 0.15) is 13.8 Å². The van der Waals surface area contributed by atoms with E-state index in [0.717, 1.165) is 0 Å². The summed E-state index contributed by atoms with van der Waals surface area (Å²) in [6.07, 6.45) is 0. The van der Waals surface area contributed by atoms with Crippen molar-refractivity contribution in [3.63, 3.8) is 0 Å². The molecular weight excluding hydrogens is 177 g/mol. The minimum absolute atomic E-state index is 0. The van der Waals surface area contributed by atoms with Crippen LogP contribution in [-0.4, -0.2) is 23.5 Å². The smallest absolute Gasteiger partial charge is 0.461 e. The van der Waals surface area contributed by atoms with Crippen LogP contribution in [0.25, 0.3) is 0 Å². The van der Waals surface area contributed by atoms with Crippen LogP contribution in [0.15, 0.2) is 0 Å². The summed E-state index contributed by atoms with van der Waals surface area (Å²) >= 11 is 0. The molecule has 58 valence electrons. The third-order valence-electron chi connectivity index (χ3n) is 0.944. The number of hydrogen-bond donors (Lipinski definition) is 0. The molecule has 1 unspecified atom stereocenters. The summed E-state index contributed by atoms with van der Waals surface area (Å²) in [5, 5.41) is 9.92. The van der Waals surface area contributed by atoms with Crippen LogP contribution in [0.5, 0.6) is 0 Å². The largest absolute Gasteiger partial charge is 1.00 e. The molecule has 0 saturated carbocycles. The van der Waals surface area contributed by atoms with Crippen molar-refractivity contribution in [1.82, 2.24) is 0 Å². The van der Waals surface area contributed by atoms with E-state index in [0.29, 0.717) is 0 Å². The van der Waals surface area contributed by atoms with Gasteiger partial charge in [0.2, 0.25) is 0 Å². The first-order valence-corrected chi connectivity index (χ1v) is 2.89. The first-order valence-electron chi connectivity index (χ1n) is 2.89. The topological polar surface area (TPSA) is 69.4 Å². The SMILES string of the molecule is CCOC(=O)C(C)[N+](=O)[O-].[K+]. The Bertz CT molecular complexity index is 149. The van der Waals surface area contributed by atoms with Crippen molar-refractivity contribution in [3.8, 4) is 0 Å². The van der Waals surface area contributed by atoms with Crippen molar-refractivity contribution in [2.75, 3.05) is 6.61 Å². The maximum Gasteiger partial charge on any atom is 1.00 e.